The van der Waals surface area contributed by atoms with Gasteiger partial charge in [0.15, 0.2) is 23.1 Å². The average molecular weight is 657 g/mol. The van der Waals surface area contributed by atoms with E-state index in [1.54, 1.807) is 52.7 Å². The summed E-state index contributed by atoms with van der Waals surface area (Å²) < 4.78 is 22.2. The van der Waals surface area contributed by atoms with E-state index in [0.29, 0.717) is 78.2 Å². The summed E-state index contributed by atoms with van der Waals surface area (Å²) >= 11 is 0. The number of H-pyrrole nitrogens is 1. The van der Waals surface area contributed by atoms with Crippen molar-refractivity contribution in [2.24, 2.45) is 0 Å². The van der Waals surface area contributed by atoms with Crippen molar-refractivity contribution < 1.29 is 28.5 Å². The van der Waals surface area contributed by atoms with E-state index < -0.39 is 6.04 Å². The van der Waals surface area contributed by atoms with E-state index in [9.17, 15) is 14.4 Å². The van der Waals surface area contributed by atoms with Crippen LogP contribution in [-0.4, -0.2) is 62.0 Å². The minimum Gasteiger partial charge on any atom is -0.493 e. The molecular weight excluding hydrogens is 616 g/mol. The van der Waals surface area contributed by atoms with Gasteiger partial charge in [0.2, 0.25) is 23.0 Å². The zero-order valence-electron chi connectivity index (χ0n) is 27.7. The van der Waals surface area contributed by atoms with Crippen molar-refractivity contribution in [3.05, 3.63) is 75.7 Å². The topological polar surface area (TPSA) is 166 Å². The first-order valence-corrected chi connectivity index (χ1v) is 15.6. The van der Waals surface area contributed by atoms with Crippen molar-refractivity contribution in [2.75, 3.05) is 45.6 Å². The predicted molar refractivity (Wildman–Crippen MR) is 182 cm³/mol. The maximum Gasteiger partial charge on any atom is 0.224 e. The number of carbonyl (C=O) groups excluding carboxylic acids is 2. The molecule has 4 N–H and O–H groups in total. The molecule has 0 aliphatic heterocycles. The first-order valence-electron chi connectivity index (χ1n) is 15.6. The normalized spacial score (nSPS) is 13.4. The molecule has 0 saturated carbocycles. The Hall–Kier alpha value is -5.43. The van der Waals surface area contributed by atoms with Gasteiger partial charge >= 0.3 is 0 Å². The number of fused-ring (bicyclic) bond motifs is 3. The number of ether oxygens (including phenoxy) is 4. The quantitative estimate of drug-likeness (QED) is 0.149. The van der Waals surface area contributed by atoms with E-state index in [4.69, 9.17) is 18.9 Å². The first kappa shape index (κ1) is 33.9. The Kier molecular flexibility index (Phi) is 10.9. The van der Waals surface area contributed by atoms with Crippen molar-refractivity contribution >= 4 is 23.2 Å². The fourth-order valence-corrected chi connectivity index (χ4v) is 5.91. The van der Waals surface area contributed by atoms with Crippen LogP contribution in [0.3, 0.4) is 0 Å². The molecule has 48 heavy (non-hydrogen) atoms. The van der Waals surface area contributed by atoms with Gasteiger partial charge in [0.1, 0.15) is 6.61 Å². The first-order chi connectivity index (χ1) is 23.3. The molecule has 0 radical (unpaired) electrons. The molecule has 1 aliphatic rings. The van der Waals surface area contributed by atoms with Gasteiger partial charge in [-0.15, -0.1) is 0 Å². The van der Waals surface area contributed by atoms with Gasteiger partial charge in [-0.05, 0) is 66.3 Å². The zero-order valence-corrected chi connectivity index (χ0v) is 27.7. The zero-order chi connectivity index (χ0) is 34.2. The molecule has 0 saturated heterocycles. The summed E-state index contributed by atoms with van der Waals surface area (Å²) in [6, 6.07) is 13.9. The third-order valence-electron chi connectivity index (χ3n) is 8.03. The van der Waals surface area contributed by atoms with E-state index >= 15 is 0 Å². The van der Waals surface area contributed by atoms with Crippen LogP contribution in [0.5, 0.6) is 17.2 Å². The number of hydrogen-bond acceptors (Lipinski definition) is 10. The average Bonchev–Trinajstić information content (AvgIpc) is 3.42. The summed E-state index contributed by atoms with van der Waals surface area (Å²) in [5.74, 6) is 2.21. The van der Waals surface area contributed by atoms with Crippen LogP contribution in [0, 0.1) is 0 Å². The molecular formula is C35H40N6O7. The van der Waals surface area contributed by atoms with Crippen molar-refractivity contribution in [2.45, 2.75) is 45.3 Å². The van der Waals surface area contributed by atoms with Crippen molar-refractivity contribution in [1.82, 2.24) is 20.5 Å². The lowest BCUT2D eigenvalue weighted by Crippen LogP contribution is -2.26. The number of nitrogens with zero attached hydrogens (tertiary/aromatic N) is 2. The standard InChI is InChI=1S/C35H40N6O7/c1-20(42)37-26-13-11-21-17-29(46-3)33(47-4)34(48-5)32(21)24-12-14-27(28(43)18-25(24)26)36-15-7-10-31(44)38-23-9-6-8-22(16-23)35-39-30(19-45-2)40-41-35/h6,8-9,12,14,16-18,26H,7,10-11,13,15,19H2,1-5H3,(H,36,43)(H,37,42)(H,38,44)(H,39,40,41)/t26-/m0/s1. The van der Waals surface area contributed by atoms with Crippen molar-refractivity contribution in [1.29, 1.82) is 0 Å². The molecule has 3 aromatic carbocycles. The molecule has 13 heteroatoms. The van der Waals surface area contributed by atoms with E-state index in [2.05, 4.69) is 31.1 Å². The number of hydrogen-bond donors (Lipinski definition) is 4. The van der Waals surface area contributed by atoms with E-state index in [-0.39, 0.29) is 23.7 Å². The summed E-state index contributed by atoms with van der Waals surface area (Å²) in [5, 5.41) is 16.2. The number of aromatic nitrogens is 3. The molecule has 1 atom stereocenters. The van der Waals surface area contributed by atoms with Crippen molar-refractivity contribution in [3.8, 4) is 39.8 Å². The largest absolute Gasteiger partial charge is 0.493 e. The molecule has 5 rings (SSSR count). The highest BCUT2D eigenvalue weighted by atomic mass is 16.5. The summed E-state index contributed by atoms with van der Waals surface area (Å²) in [6.45, 7) is 2.16. The van der Waals surface area contributed by atoms with Crippen LogP contribution < -0.4 is 35.6 Å². The number of aromatic amines is 1. The van der Waals surface area contributed by atoms with Crippen LogP contribution in [0.1, 0.15) is 49.2 Å². The Balaban J connectivity index is 1.32. The molecule has 252 valence electrons. The minimum absolute atomic E-state index is 0.164. The fourth-order valence-electron chi connectivity index (χ4n) is 5.91. The van der Waals surface area contributed by atoms with Crippen LogP contribution in [0.2, 0.25) is 0 Å². The van der Waals surface area contributed by atoms with Gasteiger partial charge in [-0.25, -0.2) is 4.98 Å². The minimum atomic E-state index is -0.405. The highest BCUT2D eigenvalue weighted by Crippen LogP contribution is 2.50. The predicted octanol–water partition coefficient (Wildman–Crippen LogP) is 4.63. The van der Waals surface area contributed by atoms with Crippen LogP contribution in [0.4, 0.5) is 11.4 Å². The van der Waals surface area contributed by atoms with Crippen LogP contribution >= 0.6 is 0 Å². The molecule has 1 heterocycles. The number of rotatable bonds is 13. The summed E-state index contributed by atoms with van der Waals surface area (Å²) in [5.41, 5.74) is 4.65. The fraction of sp³-hybridized carbons (Fsp3) is 0.343. The second-order valence-electron chi connectivity index (χ2n) is 11.3. The SMILES string of the molecule is COCc1nc(-c2cccc(NC(=O)CCCNc3ccc4c(cc3=O)[C@@H](NC(C)=O)CCc3cc(OC)c(OC)c(OC)c3-4)c2)n[nH]1. The lowest BCUT2D eigenvalue weighted by molar-refractivity contribution is -0.119. The summed E-state index contributed by atoms with van der Waals surface area (Å²) in [6.07, 6.45) is 1.88. The van der Waals surface area contributed by atoms with Crippen LogP contribution in [0.15, 0.2) is 53.3 Å². The third-order valence-corrected chi connectivity index (χ3v) is 8.03. The van der Waals surface area contributed by atoms with Crippen molar-refractivity contribution in [3.63, 3.8) is 0 Å². The van der Waals surface area contributed by atoms with E-state index in [0.717, 1.165) is 22.3 Å². The second-order valence-corrected chi connectivity index (χ2v) is 11.3. The molecule has 0 spiro atoms. The van der Waals surface area contributed by atoms with Gasteiger partial charge in [-0.3, -0.25) is 19.5 Å². The maximum absolute atomic E-state index is 13.5. The third kappa shape index (κ3) is 7.58. The van der Waals surface area contributed by atoms with Gasteiger partial charge in [-0.2, -0.15) is 5.10 Å². The molecule has 2 amide bonds. The molecule has 0 fully saturated rings. The maximum atomic E-state index is 13.5. The Morgan fingerprint density at radius 2 is 1.81 bits per heavy atom. The molecule has 4 aromatic rings. The second kappa shape index (κ2) is 15.4. The number of aryl methyl sites for hydroxylation is 1. The van der Waals surface area contributed by atoms with Crippen LogP contribution in [0.25, 0.3) is 22.5 Å². The molecule has 0 unspecified atom stereocenters. The highest BCUT2D eigenvalue weighted by Gasteiger charge is 2.29. The van der Waals surface area contributed by atoms with Gasteiger partial charge in [-0.1, -0.05) is 18.2 Å². The van der Waals surface area contributed by atoms with Gasteiger partial charge in [0.05, 0.1) is 33.1 Å². The number of anilines is 2. The summed E-state index contributed by atoms with van der Waals surface area (Å²) in [7, 11) is 6.25. The molecule has 1 aromatic heterocycles. The number of methoxy groups -OCH3 is 4. The smallest absolute Gasteiger partial charge is 0.224 e. The monoisotopic (exact) mass is 656 g/mol. The number of amides is 2. The van der Waals surface area contributed by atoms with Gasteiger partial charge in [0.25, 0.3) is 0 Å². The molecule has 0 bridgehead atoms. The highest BCUT2D eigenvalue weighted by molar-refractivity contribution is 5.91. The Morgan fingerprint density at radius 1 is 1.00 bits per heavy atom. The lowest BCUT2D eigenvalue weighted by atomic mass is 9.95. The van der Waals surface area contributed by atoms with E-state index in [1.807, 2.05) is 24.3 Å². The lowest BCUT2D eigenvalue weighted by Gasteiger charge is -2.19. The van der Waals surface area contributed by atoms with Gasteiger partial charge < -0.3 is 34.9 Å². The molecule has 1 aliphatic carbocycles. The number of benzene rings is 2. The Bertz CT molecular complexity index is 1860. The van der Waals surface area contributed by atoms with Crippen LogP contribution in [-0.2, 0) is 27.4 Å². The summed E-state index contributed by atoms with van der Waals surface area (Å²) in [4.78, 5) is 42.9. The Morgan fingerprint density at radius 3 is 2.54 bits per heavy atom. The molecule has 13 nitrogen and oxygen atoms in total. The van der Waals surface area contributed by atoms with Gasteiger partial charge in [0, 0.05) is 43.8 Å². The number of nitrogens with one attached hydrogen (secondary N) is 4. The van der Waals surface area contributed by atoms with E-state index in [1.165, 1.54) is 6.92 Å². The Labute approximate surface area is 278 Å². The number of carbonyl (C=O) groups is 2.